The molecule has 0 unspecified atom stereocenters. The molecule has 136 valence electrons. The molecule has 3 rings (SSSR count). The molecule has 0 saturated heterocycles. The number of amides is 1. The number of benzene rings is 1. The van der Waals surface area contributed by atoms with Gasteiger partial charge in [-0.25, -0.2) is 4.98 Å². The molecule has 1 aromatic carbocycles. The molecule has 1 amide bonds. The number of nitriles is 1. The van der Waals surface area contributed by atoms with E-state index in [0.29, 0.717) is 18.4 Å². The number of aliphatic hydroxyl groups is 1. The largest absolute Gasteiger partial charge is 0.508 e. The molecule has 1 aromatic heterocycles. The van der Waals surface area contributed by atoms with E-state index in [9.17, 15) is 28.3 Å². The Morgan fingerprint density at radius 3 is 2.54 bits per heavy atom. The Morgan fingerprint density at radius 1 is 1.31 bits per heavy atom. The molecule has 0 radical (unpaired) electrons. The fourth-order valence-corrected chi connectivity index (χ4v) is 4.07. The second-order valence-electron chi connectivity index (χ2n) is 6.06. The molecule has 2 N–H and O–H groups in total. The highest BCUT2D eigenvalue weighted by Gasteiger charge is 2.48. The van der Waals surface area contributed by atoms with E-state index in [1.54, 1.807) is 24.3 Å². The van der Waals surface area contributed by atoms with Gasteiger partial charge in [-0.1, -0.05) is 25.0 Å². The predicted molar refractivity (Wildman–Crippen MR) is 90.2 cm³/mol. The average molecular weight is 381 g/mol. The van der Waals surface area contributed by atoms with Crippen molar-refractivity contribution in [2.24, 2.45) is 0 Å². The molecule has 1 aliphatic carbocycles. The maximum Gasteiger partial charge on any atom is 0.471 e. The van der Waals surface area contributed by atoms with Crippen LogP contribution in [0.5, 0.6) is 0 Å². The number of aromatic nitrogens is 1. The van der Waals surface area contributed by atoms with Gasteiger partial charge in [-0.15, -0.1) is 11.3 Å². The Kier molecular flexibility index (Phi) is 4.63. The van der Waals surface area contributed by atoms with Crippen molar-refractivity contribution in [2.75, 3.05) is 0 Å². The number of halogens is 3. The van der Waals surface area contributed by atoms with Gasteiger partial charge < -0.3 is 10.4 Å². The van der Waals surface area contributed by atoms with E-state index in [4.69, 9.17) is 0 Å². The number of allylic oxidation sites excluding steroid dienone is 1. The van der Waals surface area contributed by atoms with Crippen molar-refractivity contribution in [1.29, 1.82) is 5.26 Å². The fraction of sp³-hybridized carbons (Fsp3) is 0.353. The maximum atomic E-state index is 12.7. The van der Waals surface area contributed by atoms with Crippen molar-refractivity contribution in [3.63, 3.8) is 0 Å². The molecule has 1 heterocycles. The predicted octanol–water partition coefficient (Wildman–Crippen LogP) is 4.08. The number of nitrogens with zero attached hydrogens (tertiary/aromatic N) is 2. The van der Waals surface area contributed by atoms with E-state index in [0.717, 1.165) is 16.0 Å². The number of fused-ring (bicyclic) bond motifs is 1. The van der Waals surface area contributed by atoms with Gasteiger partial charge in [0.1, 0.15) is 22.4 Å². The number of aliphatic hydroxyl groups excluding tert-OH is 1. The lowest BCUT2D eigenvalue weighted by Crippen LogP contribution is -2.52. The van der Waals surface area contributed by atoms with Crippen LogP contribution >= 0.6 is 11.3 Å². The highest BCUT2D eigenvalue weighted by atomic mass is 32.1. The monoisotopic (exact) mass is 381 g/mol. The lowest BCUT2D eigenvalue weighted by molar-refractivity contribution is -0.175. The average Bonchev–Trinajstić information content (AvgIpc) is 3.21. The molecule has 1 fully saturated rings. The van der Waals surface area contributed by atoms with Crippen molar-refractivity contribution < 1.29 is 23.1 Å². The Labute approximate surface area is 150 Å². The Balaban J connectivity index is 2.06. The highest BCUT2D eigenvalue weighted by Crippen LogP contribution is 2.40. The molecule has 0 spiro atoms. The number of nitrogens with one attached hydrogen (secondary N) is 1. The first-order chi connectivity index (χ1) is 12.3. The van der Waals surface area contributed by atoms with Crippen LogP contribution in [0.15, 0.2) is 30.0 Å². The van der Waals surface area contributed by atoms with Crippen molar-refractivity contribution in [3.8, 4) is 6.07 Å². The van der Waals surface area contributed by atoms with Crippen LogP contribution in [0.1, 0.15) is 30.7 Å². The Bertz CT molecular complexity index is 888. The van der Waals surface area contributed by atoms with Gasteiger partial charge in [0.25, 0.3) is 0 Å². The molecular weight excluding hydrogens is 367 g/mol. The van der Waals surface area contributed by atoms with Crippen LogP contribution in [0.25, 0.3) is 15.8 Å². The van der Waals surface area contributed by atoms with Crippen molar-refractivity contribution in [2.45, 2.75) is 37.4 Å². The summed E-state index contributed by atoms with van der Waals surface area (Å²) in [5, 5.41) is 22.3. The number of alkyl halides is 3. The zero-order chi connectivity index (χ0) is 18.9. The van der Waals surface area contributed by atoms with Gasteiger partial charge in [0.15, 0.2) is 0 Å². The van der Waals surface area contributed by atoms with Gasteiger partial charge in [-0.3, -0.25) is 4.79 Å². The first-order valence-electron chi connectivity index (χ1n) is 7.86. The number of hydrogen-bond acceptors (Lipinski definition) is 5. The van der Waals surface area contributed by atoms with Crippen LogP contribution in [-0.2, 0) is 4.79 Å². The maximum absolute atomic E-state index is 12.7. The number of carbonyl (C=O) groups excluding carboxylic acids is 1. The van der Waals surface area contributed by atoms with Crippen LogP contribution in [-0.4, -0.2) is 27.7 Å². The van der Waals surface area contributed by atoms with Crippen molar-refractivity contribution in [1.82, 2.24) is 10.3 Å². The normalized spacial score (nSPS) is 17.6. The first-order valence-corrected chi connectivity index (χ1v) is 8.67. The molecule has 9 heteroatoms. The molecule has 2 aromatic rings. The van der Waals surface area contributed by atoms with Gasteiger partial charge in [0, 0.05) is 0 Å². The lowest BCUT2D eigenvalue weighted by Gasteiger charge is -2.30. The second-order valence-corrected chi connectivity index (χ2v) is 7.09. The minimum atomic E-state index is -5.07. The van der Waals surface area contributed by atoms with Gasteiger partial charge in [-0.2, -0.15) is 18.4 Å². The van der Waals surface area contributed by atoms with Crippen molar-refractivity contribution in [3.05, 3.63) is 35.0 Å². The number of thiazole rings is 1. The van der Waals surface area contributed by atoms with E-state index >= 15 is 0 Å². The molecule has 5 nitrogen and oxygen atoms in total. The molecular formula is C17H14F3N3O2S. The van der Waals surface area contributed by atoms with E-state index in [2.05, 4.69) is 4.98 Å². The Morgan fingerprint density at radius 2 is 1.96 bits per heavy atom. The zero-order valence-electron chi connectivity index (χ0n) is 13.4. The molecule has 0 atom stereocenters. The standard InChI is InChI=1S/C17H14F3N3O2S/c18-17(19,20)15(25)23-16(7-3-4-8-16)13(24)10(9-21)14-22-11-5-1-2-6-12(11)26-14/h1-2,5-6,24H,3-4,7-8H2,(H,23,25)/b13-10-. The summed E-state index contributed by atoms with van der Waals surface area (Å²) in [6.45, 7) is 0. The second kappa shape index (κ2) is 6.61. The third-order valence-electron chi connectivity index (χ3n) is 4.38. The summed E-state index contributed by atoms with van der Waals surface area (Å²) in [6.07, 6.45) is -3.77. The highest BCUT2D eigenvalue weighted by molar-refractivity contribution is 7.19. The lowest BCUT2D eigenvalue weighted by atomic mass is 9.91. The molecule has 1 aliphatic rings. The number of rotatable bonds is 3. The topological polar surface area (TPSA) is 86.0 Å². The smallest absolute Gasteiger partial charge is 0.471 e. The van der Waals surface area contributed by atoms with Gasteiger partial charge in [-0.05, 0) is 25.0 Å². The van der Waals surface area contributed by atoms with Crippen LogP contribution in [0, 0.1) is 11.3 Å². The van der Waals surface area contributed by atoms with Crippen molar-refractivity contribution >= 4 is 33.0 Å². The Hall–Kier alpha value is -2.60. The SMILES string of the molecule is N#C/C(=C(/O)C1(NC(=O)C(F)(F)F)CCCC1)c1nc2ccccc2s1. The third-order valence-corrected chi connectivity index (χ3v) is 5.43. The third kappa shape index (κ3) is 3.24. The minimum absolute atomic E-state index is 0.122. The quantitative estimate of drug-likeness (QED) is 0.620. The van der Waals surface area contributed by atoms with Crippen LogP contribution in [0.4, 0.5) is 13.2 Å². The summed E-state index contributed by atoms with van der Waals surface area (Å²) >= 11 is 1.15. The van der Waals surface area contributed by atoms with Gasteiger partial charge >= 0.3 is 12.1 Å². The molecule has 0 aliphatic heterocycles. The first kappa shape index (κ1) is 18.2. The van der Waals surface area contributed by atoms with Gasteiger partial charge in [0.2, 0.25) is 0 Å². The number of para-hydroxylation sites is 1. The van der Waals surface area contributed by atoms with Crippen LogP contribution in [0.3, 0.4) is 0 Å². The molecule has 0 bridgehead atoms. The number of hydrogen-bond donors (Lipinski definition) is 2. The molecule has 1 saturated carbocycles. The summed E-state index contributed by atoms with van der Waals surface area (Å²) in [4.78, 5) is 15.7. The zero-order valence-corrected chi connectivity index (χ0v) is 14.2. The summed E-state index contributed by atoms with van der Waals surface area (Å²) in [5.41, 5.74) is -1.20. The summed E-state index contributed by atoms with van der Waals surface area (Å²) in [5.74, 6) is -2.69. The van der Waals surface area contributed by atoms with Gasteiger partial charge in [0.05, 0.1) is 15.8 Å². The van der Waals surface area contributed by atoms with E-state index in [1.807, 2.05) is 11.4 Å². The van der Waals surface area contributed by atoms with Crippen LogP contribution < -0.4 is 5.32 Å². The molecule has 26 heavy (non-hydrogen) atoms. The minimum Gasteiger partial charge on any atom is -0.508 e. The van der Waals surface area contributed by atoms with E-state index in [-0.39, 0.29) is 23.4 Å². The van der Waals surface area contributed by atoms with E-state index < -0.39 is 23.4 Å². The van der Waals surface area contributed by atoms with Crippen LogP contribution in [0.2, 0.25) is 0 Å². The van der Waals surface area contributed by atoms with E-state index in [1.165, 1.54) is 0 Å². The summed E-state index contributed by atoms with van der Waals surface area (Å²) in [6, 6.07) is 8.92. The summed E-state index contributed by atoms with van der Waals surface area (Å²) in [7, 11) is 0. The summed E-state index contributed by atoms with van der Waals surface area (Å²) < 4.78 is 38.9. The number of carbonyl (C=O) groups is 1. The fourth-order valence-electron chi connectivity index (χ4n) is 3.11.